The minimum atomic E-state index is 0.479. The monoisotopic (exact) mass is 249 g/mol. The maximum Gasteiger partial charge on any atom is 0.136 e. The van der Waals surface area contributed by atoms with Gasteiger partial charge in [0.1, 0.15) is 12.2 Å². The number of hydrogen-bond acceptors (Lipinski definition) is 2. The highest BCUT2D eigenvalue weighted by atomic mass is 15.3. The smallest absolute Gasteiger partial charge is 0.136 e. The summed E-state index contributed by atoms with van der Waals surface area (Å²) in [5, 5.41) is 8.46. The van der Waals surface area contributed by atoms with E-state index in [0.717, 1.165) is 5.92 Å². The Morgan fingerprint density at radius 3 is 2.61 bits per heavy atom. The SMILES string of the molecule is CCCCC1CCC(c2nncn2C(C)C)CC1. The molecular weight excluding hydrogens is 222 g/mol. The molecule has 18 heavy (non-hydrogen) atoms. The van der Waals surface area contributed by atoms with Crippen LogP contribution >= 0.6 is 0 Å². The molecule has 0 amide bonds. The average Bonchev–Trinajstić information content (AvgIpc) is 2.86. The van der Waals surface area contributed by atoms with Crippen LogP contribution in [0.15, 0.2) is 6.33 Å². The third-order valence-electron chi connectivity index (χ3n) is 4.33. The van der Waals surface area contributed by atoms with Crippen LogP contribution in [0.3, 0.4) is 0 Å². The molecule has 1 aliphatic carbocycles. The fourth-order valence-corrected chi connectivity index (χ4v) is 3.14. The summed E-state index contributed by atoms with van der Waals surface area (Å²) in [6.07, 6.45) is 11.4. The fraction of sp³-hybridized carbons (Fsp3) is 0.867. The van der Waals surface area contributed by atoms with Crippen molar-refractivity contribution in [1.82, 2.24) is 14.8 Å². The molecule has 1 aromatic rings. The van der Waals surface area contributed by atoms with E-state index in [1.807, 2.05) is 6.33 Å². The van der Waals surface area contributed by atoms with Gasteiger partial charge in [0.2, 0.25) is 0 Å². The summed E-state index contributed by atoms with van der Waals surface area (Å²) in [7, 11) is 0. The van der Waals surface area contributed by atoms with Gasteiger partial charge in [-0.15, -0.1) is 10.2 Å². The first kappa shape index (κ1) is 13.6. The minimum Gasteiger partial charge on any atom is -0.315 e. The molecule has 0 spiro atoms. The molecule has 1 aliphatic rings. The third kappa shape index (κ3) is 3.12. The Morgan fingerprint density at radius 1 is 1.28 bits per heavy atom. The van der Waals surface area contributed by atoms with Crippen LogP contribution in [0.1, 0.15) is 83.5 Å². The van der Waals surface area contributed by atoms with Crippen molar-refractivity contribution in [1.29, 1.82) is 0 Å². The van der Waals surface area contributed by atoms with Crippen molar-refractivity contribution in [3.8, 4) is 0 Å². The highest BCUT2D eigenvalue weighted by molar-refractivity contribution is 4.99. The first-order chi connectivity index (χ1) is 8.72. The van der Waals surface area contributed by atoms with E-state index in [1.165, 1.54) is 50.8 Å². The van der Waals surface area contributed by atoms with Crippen molar-refractivity contribution in [2.45, 2.75) is 77.7 Å². The molecule has 3 nitrogen and oxygen atoms in total. The Balaban J connectivity index is 1.91. The van der Waals surface area contributed by atoms with Gasteiger partial charge in [-0.05, 0) is 45.4 Å². The van der Waals surface area contributed by atoms with Gasteiger partial charge in [0.25, 0.3) is 0 Å². The van der Waals surface area contributed by atoms with Gasteiger partial charge < -0.3 is 4.57 Å². The lowest BCUT2D eigenvalue weighted by molar-refractivity contribution is 0.292. The van der Waals surface area contributed by atoms with Crippen LogP contribution < -0.4 is 0 Å². The van der Waals surface area contributed by atoms with Gasteiger partial charge in [-0.2, -0.15) is 0 Å². The number of nitrogens with zero attached hydrogens (tertiary/aromatic N) is 3. The second kappa shape index (κ2) is 6.35. The van der Waals surface area contributed by atoms with Crippen molar-refractivity contribution in [2.75, 3.05) is 0 Å². The predicted molar refractivity (Wildman–Crippen MR) is 74.6 cm³/mol. The summed E-state index contributed by atoms with van der Waals surface area (Å²) in [5.74, 6) is 2.84. The van der Waals surface area contributed by atoms with Gasteiger partial charge in [-0.3, -0.25) is 0 Å². The molecule has 0 radical (unpaired) electrons. The molecule has 0 saturated heterocycles. The highest BCUT2D eigenvalue weighted by Gasteiger charge is 2.25. The topological polar surface area (TPSA) is 30.7 Å². The molecule has 1 aromatic heterocycles. The lowest BCUT2D eigenvalue weighted by Crippen LogP contribution is -2.17. The number of unbranched alkanes of at least 4 members (excludes halogenated alkanes) is 1. The van der Waals surface area contributed by atoms with E-state index in [0.29, 0.717) is 12.0 Å². The summed E-state index contributed by atoms with van der Waals surface area (Å²) in [6, 6.07) is 0.479. The molecule has 1 heterocycles. The minimum absolute atomic E-state index is 0.479. The van der Waals surface area contributed by atoms with Crippen molar-refractivity contribution in [2.24, 2.45) is 5.92 Å². The molecule has 2 rings (SSSR count). The lowest BCUT2D eigenvalue weighted by atomic mass is 9.79. The van der Waals surface area contributed by atoms with Crippen LogP contribution in [-0.4, -0.2) is 14.8 Å². The molecule has 102 valence electrons. The van der Waals surface area contributed by atoms with Crippen LogP contribution in [0.4, 0.5) is 0 Å². The van der Waals surface area contributed by atoms with Crippen molar-refractivity contribution < 1.29 is 0 Å². The Labute approximate surface area is 111 Å². The second-order valence-corrected chi connectivity index (χ2v) is 6.05. The number of hydrogen-bond donors (Lipinski definition) is 0. The van der Waals surface area contributed by atoms with E-state index in [-0.39, 0.29) is 0 Å². The van der Waals surface area contributed by atoms with Crippen molar-refractivity contribution >= 4 is 0 Å². The summed E-state index contributed by atoms with van der Waals surface area (Å²) < 4.78 is 2.25. The van der Waals surface area contributed by atoms with E-state index in [4.69, 9.17) is 0 Å². The number of rotatable bonds is 5. The molecular formula is C15H27N3. The predicted octanol–water partition coefficient (Wildman–Crippen LogP) is 4.32. The maximum atomic E-state index is 4.36. The van der Waals surface area contributed by atoms with Gasteiger partial charge >= 0.3 is 0 Å². The van der Waals surface area contributed by atoms with Crippen molar-refractivity contribution in [3.63, 3.8) is 0 Å². The van der Waals surface area contributed by atoms with E-state index in [1.54, 1.807) is 0 Å². The van der Waals surface area contributed by atoms with Crippen LogP contribution in [-0.2, 0) is 0 Å². The van der Waals surface area contributed by atoms with E-state index in [2.05, 4.69) is 35.5 Å². The molecule has 0 aromatic carbocycles. The maximum absolute atomic E-state index is 4.36. The quantitative estimate of drug-likeness (QED) is 0.778. The lowest BCUT2D eigenvalue weighted by Gasteiger charge is -2.28. The summed E-state index contributed by atoms with van der Waals surface area (Å²) in [5.41, 5.74) is 0. The van der Waals surface area contributed by atoms with Crippen LogP contribution in [0.2, 0.25) is 0 Å². The highest BCUT2D eigenvalue weighted by Crippen LogP contribution is 2.37. The summed E-state index contributed by atoms with van der Waals surface area (Å²) in [6.45, 7) is 6.70. The molecule has 3 heteroatoms. The van der Waals surface area contributed by atoms with Gasteiger partial charge in [0.05, 0.1) is 0 Å². The van der Waals surface area contributed by atoms with E-state index >= 15 is 0 Å². The molecule has 0 N–H and O–H groups in total. The Hall–Kier alpha value is -0.860. The fourth-order valence-electron chi connectivity index (χ4n) is 3.14. The van der Waals surface area contributed by atoms with Gasteiger partial charge in [0, 0.05) is 12.0 Å². The van der Waals surface area contributed by atoms with Gasteiger partial charge in [-0.1, -0.05) is 26.2 Å². The second-order valence-electron chi connectivity index (χ2n) is 6.05. The molecule has 0 aliphatic heterocycles. The van der Waals surface area contributed by atoms with Crippen molar-refractivity contribution in [3.05, 3.63) is 12.2 Å². The summed E-state index contributed by atoms with van der Waals surface area (Å²) in [4.78, 5) is 0. The van der Waals surface area contributed by atoms with E-state index in [9.17, 15) is 0 Å². The number of aromatic nitrogens is 3. The normalized spacial score (nSPS) is 24.7. The summed E-state index contributed by atoms with van der Waals surface area (Å²) >= 11 is 0. The van der Waals surface area contributed by atoms with Crippen LogP contribution in [0, 0.1) is 5.92 Å². The molecule has 1 fully saturated rings. The van der Waals surface area contributed by atoms with E-state index < -0.39 is 0 Å². The molecule has 0 atom stereocenters. The molecule has 0 bridgehead atoms. The zero-order valence-electron chi connectivity index (χ0n) is 12.1. The zero-order valence-corrected chi connectivity index (χ0v) is 12.1. The molecule has 1 saturated carbocycles. The zero-order chi connectivity index (χ0) is 13.0. The standard InChI is InChI=1S/C15H27N3/c1-4-5-6-13-7-9-14(10-8-13)15-17-16-11-18(15)12(2)3/h11-14H,4-10H2,1-3H3. The van der Waals surface area contributed by atoms with Gasteiger partial charge in [-0.25, -0.2) is 0 Å². The molecule has 0 unspecified atom stereocenters. The first-order valence-electron chi connectivity index (χ1n) is 7.61. The van der Waals surface area contributed by atoms with Crippen LogP contribution in [0.25, 0.3) is 0 Å². The first-order valence-corrected chi connectivity index (χ1v) is 7.61. The van der Waals surface area contributed by atoms with Crippen LogP contribution in [0.5, 0.6) is 0 Å². The Bertz CT molecular complexity index is 348. The average molecular weight is 249 g/mol. The Morgan fingerprint density at radius 2 is 2.00 bits per heavy atom. The Kier molecular flexibility index (Phi) is 4.79. The largest absolute Gasteiger partial charge is 0.315 e. The third-order valence-corrected chi connectivity index (χ3v) is 4.33. The van der Waals surface area contributed by atoms with Gasteiger partial charge in [0.15, 0.2) is 0 Å².